The van der Waals surface area contributed by atoms with Crippen LogP contribution in [0, 0.1) is 5.92 Å². The molecule has 7 nitrogen and oxygen atoms in total. The molecule has 2 aliphatic rings. The molecule has 0 spiro atoms. The molecule has 0 bridgehead atoms. The van der Waals surface area contributed by atoms with Crippen LogP contribution < -0.4 is 5.32 Å². The maximum Gasteiger partial charge on any atom is 0.317 e. The van der Waals surface area contributed by atoms with E-state index in [1.165, 1.54) is 19.2 Å². The van der Waals surface area contributed by atoms with Crippen molar-refractivity contribution in [1.82, 2.24) is 20.2 Å². The van der Waals surface area contributed by atoms with Gasteiger partial charge in [-0.1, -0.05) is 13.8 Å². The zero-order valence-electron chi connectivity index (χ0n) is 14.8. The smallest absolute Gasteiger partial charge is 0.317 e. The van der Waals surface area contributed by atoms with E-state index in [9.17, 15) is 9.59 Å². The summed E-state index contributed by atoms with van der Waals surface area (Å²) in [5, 5.41) is 12.1. The summed E-state index contributed by atoms with van der Waals surface area (Å²) in [6, 6.07) is 0.340. The molecule has 0 atom stereocenters. The summed E-state index contributed by atoms with van der Waals surface area (Å²) in [6.07, 6.45) is 7.04. The highest BCUT2D eigenvalue weighted by Gasteiger charge is 2.38. The van der Waals surface area contributed by atoms with Crippen molar-refractivity contribution in [3.8, 4) is 0 Å². The number of hydrogen-bond acceptors (Lipinski definition) is 5. The number of carboxylic acids is 1. The van der Waals surface area contributed by atoms with E-state index in [-0.39, 0.29) is 30.5 Å². The summed E-state index contributed by atoms with van der Waals surface area (Å²) < 4.78 is 0. The Morgan fingerprint density at radius 3 is 2.68 bits per heavy atom. The summed E-state index contributed by atoms with van der Waals surface area (Å²) in [5.41, 5.74) is 1.28. The molecular weight excluding hydrogens is 320 g/mol. The van der Waals surface area contributed by atoms with Crippen molar-refractivity contribution < 1.29 is 14.7 Å². The number of amides is 1. The van der Waals surface area contributed by atoms with Crippen LogP contribution in [0.1, 0.15) is 61.5 Å². The third-order valence-corrected chi connectivity index (χ3v) is 5.03. The molecule has 1 aromatic rings. The van der Waals surface area contributed by atoms with Crippen LogP contribution in [0.15, 0.2) is 12.5 Å². The summed E-state index contributed by atoms with van der Waals surface area (Å²) >= 11 is 0. The van der Waals surface area contributed by atoms with Gasteiger partial charge in [0.05, 0.1) is 17.8 Å². The quantitative estimate of drug-likeness (QED) is 0.743. The zero-order valence-corrected chi connectivity index (χ0v) is 14.8. The number of carboxylic acid groups (broad SMARTS) is 1. The molecule has 2 fully saturated rings. The zero-order chi connectivity index (χ0) is 18.0. The highest BCUT2D eigenvalue weighted by atomic mass is 16.4. The minimum Gasteiger partial charge on any atom is -0.480 e. The van der Waals surface area contributed by atoms with Crippen LogP contribution in [0.25, 0.3) is 0 Å². The SMILES string of the molecule is CC(C)c1ncncc1C(=O)NC1CC(N(CC(=O)O)CC2CC2)C1. The second-order valence-corrected chi connectivity index (χ2v) is 7.54. The molecule has 1 heterocycles. The molecule has 0 aliphatic heterocycles. The molecule has 3 rings (SSSR count). The van der Waals surface area contributed by atoms with Gasteiger partial charge in [-0.05, 0) is 37.5 Å². The molecular formula is C18H26N4O3. The van der Waals surface area contributed by atoms with Crippen molar-refractivity contribution in [2.24, 2.45) is 5.92 Å². The second kappa shape index (κ2) is 7.47. The van der Waals surface area contributed by atoms with E-state index in [0.717, 1.165) is 25.1 Å². The van der Waals surface area contributed by atoms with Gasteiger partial charge in [-0.2, -0.15) is 0 Å². The standard InChI is InChI=1S/C18H26N4O3/c1-11(2)17-15(7-19-10-20-17)18(25)21-13-5-14(6-13)22(9-16(23)24)8-12-3-4-12/h7,10-14H,3-6,8-9H2,1-2H3,(H,21,25)(H,23,24). The van der Waals surface area contributed by atoms with Crippen LogP contribution in [0.5, 0.6) is 0 Å². The first kappa shape index (κ1) is 17.8. The van der Waals surface area contributed by atoms with Crippen LogP contribution in [-0.2, 0) is 4.79 Å². The molecule has 1 amide bonds. The Hall–Kier alpha value is -2.02. The van der Waals surface area contributed by atoms with Crippen molar-refractivity contribution in [2.75, 3.05) is 13.1 Å². The molecule has 2 saturated carbocycles. The Kier molecular flexibility index (Phi) is 5.32. The Morgan fingerprint density at radius 2 is 2.08 bits per heavy atom. The van der Waals surface area contributed by atoms with E-state index in [1.807, 2.05) is 13.8 Å². The number of hydrogen-bond donors (Lipinski definition) is 2. The minimum atomic E-state index is -0.781. The van der Waals surface area contributed by atoms with Crippen molar-refractivity contribution in [1.29, 1.82) is 0 Å². The first-order valence-corrected chi connectivity index (χ1v) is 9.00. The number of nitrogens with one attached hydrogen (secondary N) is 1. The Morgan fingerprint density at radius 1 is 1.36 bits per heavy atom. The van der Waals surface area contributed by atoms with E-state index >= 15 is 0 Å². The van der Waals surface area contributed by atoms with Gasteiger partial charge in [-0.25, -0.2) is 9.97 Å². The lowest BCUT2D eigenvalue weighted by Crippen LogP contribution is -2.55. The van der Waals surface area contributed by atoms with E-state index in [1.54, 1.807) is 6.20 Å². The van der Waals surface area contributed by atoms with Gasteiger partial charge >= 0.3 is 5.97 Å². The lowest BCUT2D eigenvalue weighted by atomic mass is 9.85. The fraction of sp³-hybridized carbons (Fsp3) is 0.667. The number of nitrogens with zero attached hydrogens (tertiary/aromatic N) is 3. The first-order valence-electron chi connectivity index (χ1n) is 9.00. The van der Waals surface area contributed by atoms with E-state index < -0.39 is 5.97 Å². The molecule has 0 unspecified atom stereocenters. The molecule has 0 saturated heterocycles. The summed E-state index contributed by atoms with van der Waals surface area (Å²) in [5.74, 6) is -0.110. The normalized spacial score (nSPS) is 22.7. The summed E-state index contributed by atoms with van der Waals surface area (Å²) in [4.78, 5) is 33.8. The number of aliphatic carboxylic acids is 1. The third kappa shape index (κ3) is 4.54. The topological polar surface area (TPSA) is 95.4 Å². The van der Waals surface area contributed by atoms with Gasteiger partial charge in [-0.15, -0.1) is 0 Å². The Bertz CT molecular complexity index is 639. The predicted molar refractivity (Wildman–Crippen MR) is 92.3 cm³/mol. The Labute approximate surface area is 147 Å². The molecule has 0 aromatic carbocycles. The monoisotopic (exact) mass is 346 g/mol. The lowest BCUT2D eigenvalue weighted by Gasteiger charge is -2.42. The van der Waals surface area contributed by atoms with Gasteiger partial charge in [0.15, 0.2) is 0 Å². The largest absolute Gasteiger partial charge is 0.480 e. The van der Waals surface area contributed by atoms with Gasteiger partial charge < -0.3 is 10.4 Å². The maximum atomic E-state index is 12.5. The van der Waals surface area contributed by atoms with Crippen LogP contribution in [0.4, 0.5) is 0 Å². The maximum absolute atomic E-state index is 12.5. The van der Waals surface area contributed by atoms with E-state index in [0.29, 0.717) is 11.5 Å². The average molecular weight is 346 g/mol. The highest BCUT2D eigenvalue weighted by Crippen LogP contribution is 2.33. The number of carbonyl (C=O) groups is 2. The van der Waals surface area contributed by atoms with Gasteiger partial charge in [-0.3, -0.25) is 14.5 Å². The van der Waals surface area contributed by atoms with Gasteiger partial charge in [0.2, 0.25) is 0 Å². The summed E-state index contributed by atoms with van der Waals surface area (Å²) in [7, 11) is 0. The van der Waals surface area contributed by atoms with Crippen molar-refractivity contribution in [3.63, 3.8) is 0 Å². The summed E-state index contributed by atoms with van der Waals surface area (Å²) in [6.45, 7) is 4.95. The van der Waals surface area contributed by atoms with Gasteiger partial charge in [0.25, 0.3) is 5.91 Å². The van der Waals surface area contributed by atoms with Crippen LogP contribution in [0.3, 0.4) is 0 Å². The Balaban J connectivity index is 1.54. The fourth-order valence-electron chi connectivity index (χ4n) is 3.39. The van der Waals surface area contributed by atoms with Gasteiger partial charge in [0.1, 0.15) is 6.33 Å². The highest BCUT2D eigenvalue weighted by molar-refractivity contribution is 5.95. The molecule has 0 radical (unpaired) electrons. The van der Waals surface area contributed by atoms with E-state index in [4.69, 9.17) is 5.11 Å². The molecule has 7 heteroatoms. The molecule has 1 aromatic heterocycles. The average Bonchev–Trinajstić information content (AvgIpc) is 3.33. The lowest BCUT2D eigenvalue weighted by molar-refractivity contribution is -0.139. The fourth-order valence-corrected chi connectivity index (χ4v) is 3.39. The van der Waals surface area contributed by atoms with Crippen molar-refractivity contribution in [3.05, 3.63) is 23.8 Å². The second-order valence-electron chi connectivity index (χ2n) is 7.54. The first-order chi connectivity index (χ1) is 11.9. The number of rotatable bonds is 8. The van der Waals surface area contributed by atoms with Crippen LogP contribution >= 0.6 is 0 Å². The minimum absolute atomic E-state index is 0.0891. The number of carbonyl (C=O) groups excluding carboxylic acids is 1. The van der Waals surface area contributed by atoms with Crippen LogP contribution in [-0.4, -0.2) is 57.0 Å². The van der Waals surface area contributed by atoms with Crippen LogP contribution in [0.2, 0.25) is 0 Å². The van der Waals surface area contributed by atoms with E-state index in [2.05, 4.69) is 20.2 Å². The molecule has 25 heavy (non-hydrogen) atoms. The van der Waals surface area contributed by atoms with Crippen molar-refractivity contribution >= 4 is 11.9 Å². The molecule has 136 valence electrons. The number of aromatic nitrogens is 2. The van der Waals surface area contributed by atoms with Crippen molar-refractivity contribution in [2.45, 2.75) is 57.5 Å². The van der Waals surface area contributed by atoms with Gasteiger partial charge in [0, 0.05) is 24.8 Å². The third-order valence-electron chi connectivity index (χ3n) is 5.03. The molecule has 2 aliphatic carbocycles. The predicted octanol–water partition coefficient (Wildman–Crippen LogP) is 1.66. The molecule has 2 N–H and O–H groups in total.